The molecule has 2 nitrogen and oxygen atoms in total. The van der Waals surface area contributed by atoms with Gasteiger partial charge in [-0.1, -0.05) is 28.7 Å². The second kappa shape index (κ2) is 5.08. The first kappa shape index (κ1) is 7.94. The summed E-state index contributed by atoms with van der Waals surface area (Å²) in [5.74, 6) is -0.737. The van der Waals surface area contributed by atoms with Gasteiger partial charge in [-0.15, -0.1) is 0 Å². The molecular formula is C5H7IO2. The van der Waals surface area contributed by atoms with Crippen LogP contribution in [0.2, 0.25) is 0 Å². The molecule has 0 rings (SSSR count). The van der Waals surface area contributed by atoms with Crippen LogP contribution in [0.3, 0.4) is 0 Å². The molecule has 46 valence electrons. The average Bonchev–Trinajstić information content (AvgIpc) is 1.66. The minimum Gasteiger partial charge on any atom is -0.481 e. The van der Waals surface area contributed by atoms with Gasteiger partial charge in [-0.3, -0.25) is 4.79 Å². The number of rotatable bonds is 3. The molecule has 0 radical (unpaired) electrons. The normalized spacial score (nSPS) is 10.1. The summed E-state index contributed by atoms with van der Waals surface area (Å²) in [7, 11) is 0. The molecule has 0 aliphatic rings. The summed E-state index contributed by atoms with van der Waals surface area (Å²) < 4.78 is 1.82. The van der Waals surface area contributed by atoms with Gasteiger partial charge in [0.15, 0.2) is 0 Å². The Morgan fingerprint density at radius 3 is 2.75 bits per heavy atom. The van der Waals surface area contributed by atoms with E-state index in [-0.39, 0.29) is 6.42 Å². The third-order valence-electron chi connectivity index (χ3n) is 0.614. The predicted octanol–water partition coefficient (Wildman–Crippen LogP) is 1.80. The highest BCUT2D eigenvalue weighted by molar-refractivity contribution is 14.1. The summed E-state index contributed by atoms with van der Waals surface area (Å²) in [6.45, 7) is 0. The van der Waals surface area contributed by atoms with Crippen molar-refractivity contribution in [2.24, 2.45) is 0 Å². The fraction of sp³-hybridized carbons (Fsp3) is 0.400. The first-order valence-electron chi connectivity index (χ1n) is 2.24. The van der Waals surface area contributed by atoms with Gasteiger partial charge >= 0.3 is 5.97 Å². The molecule has 0 saturated heterocycles. The maximum absolute atomic E-state index is 9.84. The van der Waals surface area contributed by atoms with E-state index in [0.29, 0.717) is 6.42 Å². The number of carboxylic acid groups (broad SMARTS) is 1. The molecule has 0 bridgehead atoms. The fourth-order valence-electron chi connectivity index (χ4n) is 0.270. The summed E-state index contributed by atoms with van der Waals surface area (Å²) in [6, 6.07) is 0. The minimum atomic E-state index is -0.737. The molecule has 0 spiro atoms. The molecule has 0 aromatic heterocycles. The summed E-state index contributed by atoms with van der Waals surface area (Å²) in [5.41, 5.74) is 0. The lowest BCUT2D eigenvalue weighted by Gasteiger charge is -1.83. The molecule has 0 aromatic carbocycles. The highest BCUT2D eigenvalue weighted by atomic mass is 127. The molecule has 8 heavy (non-hydrogen) atoms. The van der Waals surface area contributed by atoms with Gasteiger partial charge in [-0.05, 0) is 10.5 Å². The van der Waals surface area contributed by atoms with Gasteiger partial charge in [0, 0.05) is 6.42 Å². The minimum absolute atomic E-state index is 0.236. The van der Waals surface area contributed by atoms with Crippen molar-refractivity contribution >= 4 is 28.6 Å². The Balaban J connectivity index is 3.05. The van der Waals surface area contributed by atoms with Gasteiger partial charge in [0.05, 0.1) is 0 Å². The van der Waals surface area contributed by atoms with Crippen LogP contribution in [0.25, 0.3) is 0 Å². The highest BCUT2D eigenvalue weighted by Crippen LogP contribution is 1.92. The molecule has 0 heterocycles. The van der Waals surface area contributed by atoms with Gasteiger partial charge in [-0.2, -0.15) is 0 Å². The molecule has 0 amide bonds. The van der Waals surface area contributed by atoms with Crippen LogP contribution in [0.5, 0.6) is 0 Å². The largest absolute Gasteiger partial charge is 0.481 e. The molecule has 0 aromatic rings. The lowest BCUT2D eigenvalue weighted by molar-refractivity contribution is -0.136. The lowest BCUT2D eigenvalue weighted by Crippen LogP contribution is -1.91. The quantitative estimate of drug-likeness (QED) is 0.745. The van der Waals surface area contributed by atoms with Crippen LogP contribution in [-0.2, 0) is 4.79 Å². The molecule has 0 fully saturated rings. The zero-order chi connectivity index (χ0) is 6.41. The van der Waals surface area contributed by atoms with Crippen molar-refractivity contribution in [2.45, 2.75) is 12.8 Å². The van der Waals surface area contributed by atoms with Crippen LogP contribution >= 0.6 is 22.6 Å². The summed E-state index contributed by atoms with van der Waals surface area (Å²) in [5, 5.41) is 8.10. The van der Waals surface area contributed by atoms with Gasteiger partial charge in [0.2, 0.25) is 0 Å². The van der Waals surface area contributed by atoms with Crippen molar-refractivity contribution in [3.8, 4) is 0 Å². The van der Waals surface area contributed by atoms with Crippen molar-refractivity contribution in [3.63, 3.8) is 0 Å². The summed E-state index contributed by atoms with van der Waals surface area (Å²) in [6.07, 6.45) is 2.70. The summed E-state index contributed by atoms with van der Waals surface area (Å²) in [4.78, 5) is 9.84. The van der Waals surface area contributed by atoms with Crippen molar-refractivity contribution in [1.29, 1.82) is 0 Å². The second-order valence-corrected chi connectivity index (χ2v) is 2.01. The predicted molar refractivity (Wildman–Crippen MR) is 40.0 cm³/mol. The third kappa shape index (κ3) is 5.94. The molecule has 0 unspecified atom stereocenters. The third-order valence-corrected chi connectivity index (χ3v) is 1.12. The molecule has 0 saturated carbocycles. The van der Waals surface area contributed by atoms with Crippen molar-refractivity contribution < 1.29 is 9.90 Å². The van der Waals surface area contributed by atoms with E-state index < -0.39 is 5.97 Å². The Hall–Kier alpha value is -0.0600. The smallest absolute Gasteiger partial charge is 0.303 e. The Morgan fingerprint density at radius 1 is 1.75 bits per heavy atom. The van der Waals surface area contributed by atoms with E-state index in [1.54, 1.807) is 0 Å². The first-order valence-corrected chi connectivity index (χ1v) is 3.49. The standard InChI is InChI=1S/C5H7IO2/c6-4-2-1-3-5(7)8/h2,4H,1,3H2,(H,7,8)/b4-2+. The maximum Gasteiger partial charge on any atom is 0.303 e. The van der Waals surface area contributed by atoms with Crippen LogP contribution < -0.4 is 0 Å². The van der Waals surface area contributed by atoms with Gasteiger partial charge in [0.25, 0.3) is 0 Å². The van der Waals surface area contributed by atoms with E-state index in [4.69, 9.17) is 5.11 Å². The van der Waals surface area contributed by atoms with E-state index in [2.05, 4.69) is 22.6 Å². The van der Waals surface area contributed by atoms with Crippen LogP contribution in [0.1, 0.15) is 12.8 Å². The molecule has 0 aliphatic carbocycles. The van der Waals surface area contributed by atoms with E-state index in [1.807, 2.05) is 10.2 Å². The number of carboxylic acids is 1. The van der Waals surface area contributed by atoms with Crippen LogP contribution in [0.15, 0.2) is 10.2 Å². The maximum atomic E-state index is 9.84. The van der Waals surface area contributed by atoms with Crippen molar-refractivity contribution in [1.82, 2.24) is 0 Å². The first-order chi connectivity index (χ1) is 3.77. The number of hydrogen-bond acceptors (Lipinski definition) is 1. The zero-order valence-electron chi connectivity index (χ0n) is 4.30. The van der Waals surface area contributed by atoms with Gasteiger partial charge < -0.3 is 5.11 Å². The van der Waals surface area contributed by atoms with Crippen LogP contribution in [-0.4, -0.2) is 11.1 Å². The Kier molecular flexibility index (Phi) is 5.05. The number of allylic oxidation sites excluding steroid dienone is 1. The number of hydrogen-bond donors (Lipinski definition) is 1. The number of halogens is 1. The second-order valence-electron chi connectivity index (χ2n) is 1.29. The Bertz CT molecular complexity index is 98.6. The molecule has 1 N–H and O–H groups in total. The summed E-state index contributed by atoms with van der Waals surface area (Å²) >= 11 is 2.06. The number of aliphatic carboxylic acids is 1. The fourth-order valence-corrected chi connectivity index (χ4v) is 0.629. The van der Waals surface area contributed by atoms with Gasteiger partial charge in [-0.25, -0.2) is 0 Å². The molecular weight excluding hydrogens is 219 g/mol. The topological polar surface area (TPSA) is 37.3 Å². The van der Waals surface area contributed by atoms with E-state index >= 15 is 0 Å². The van der Waals surface area contributed by atoms with Crippen molar-refractivity contribution in [3.05, 3.63) is 10.2 Å². The number of carbonyl (C=O) groups is 1. The van der Waals surface area contributed by atoms with E-state index in [1.165, 1.54) is 0 Å². The Labute approximate surface area is 61.7 Å². The van der Waals surface area contributed by atoms with Gasteiger partial charge in [0.1, 0.15) is 0 Å². The molecule has 0 aliphatic heterocycles. The SMILES string of the molecule is O=C(O)CC/C=C/I. The molecule has 3 heteroatoms. The van der Waals surface area contributed by atoms with Crippen LogP contribution in [0, 0.1) is 0 Å². The van der Waals surface area contributed by atoms with E-state index in [9.17, 15) is 4.79 Å². The lowest BCUT2D eigenvalue weighted by atomic mass is 10.3. The zero-order valence-corrected chi connectivity index (χ0v) is 6.46. The highest BCUT2D eigenvalue weighted by Gasteiger charge is 1.89. The Morgan fingerprint density at radius 2 is 2.38 bits per heavy atom. The monoisotopic (exact) mass is 226 g/mol. The average molecular weight is 226 g/mol. The molecule has 0 atom stereocenters. The van der Waals surface area contributed by atoms with Crippen molar-refractivity contribution in [2.75, 3.05) is 0 Å². The van der Waals surface area contributed by atoms with E-state index in [0.717, 1.165) is 0 Å². The van der Waals surface area contributed by atoms with Crippen LogP contribution in [0.4, 0.5) is 0 Å².